The van der Waals surface area contributed by atoms with Gasteiger partial charge in [0.2, 0.25) is 0 Å². The highest BCUT2D eigenvalue weighted by atomic mass is 32.1. The molecular formula is C16H21N3S. The van der Waals surface area contributed by atoms with E-state index >= 15 is 0 Å². The molecule has 0 saturated heterocycles. The van der Waals surface area contributed by atoms with Gasteiger partial charge in [0.15, 0.2) is 5.13 Å². The van der Waals surface area contributed by atoms with E-state index in [-0.39, 0.29) is 0 Å². The van der Waals surface area contributed by atoms with Crippen molar-refractivity contribution in [1.82, 2.24) is 10.3 Å². The van der Waals surface area contributed by atoms with Crippen LogP contribution in [0.15, 0.2) is 24.3 Å². The highest BCUT2D eigenvalue weighted by molar-refractivity contribution is 7.15. The van der Waals surface area contributed by atoms with Crippen molar-refractivity contribution in [3.05, 3.63) is 40.4 Å². The summed E-state index contributed by atoms with van der Waals surface area (Å²) in [5.74, 6) is 0. The zero-order valence-corrected chi connectivity index (χ0v) is 13.1. The van der Waals surface area contributed by atoms with Crippen LogP contribution in [0.5, 0.6) is 0 Å². The van der Waals surface area contributed by atoms with E-state index in [4.69, 9.17) is 4.98 Å². The monoisotopic (exact) mass is 287 g/mol. The van der Waals surface area contributed by atoms with Gasteiger partial charge in [0.1, 0.15) is 0 Å². The Morgan fingerprint density at radius 2 is 2.15 bits per heavy atom. The van der Waals surface area contributed by atoms with E-state index in [1.54, 1.807) is 0 Å². The number of aryl methyl sites for hydroxylation is 2. The first-order valence-corrected chi connectivity index (χ1v) is 7.98. The van der Waals surface area contributed by atoms with Crippen molar-refractivity contribution in [2.45, 2.75) is 32.2 Å². The first kappa shape index (κ1) is 13.6. The van der Waals surface area contributed by atoms with Crippen LogP contribution in [-0.2, 0) is 6.42 Å². The summed E-state index contributed by atoms with van der Waals surface area (Å²) in [6.07, 6.45) is 3.63. The number of aromatic nitrogens is 1. The van der Waals surface area contributed by atoms with E-state index in [1.165, 1.54) is 41.1 Å². The molecule has 20 heavy (non-hydrogen) atoms. The summed E-state index contributed by atoms with van der Waals surface area (Å²) in [4.78, 5) is 8.57. The Kier molecular flexibility index (Phi) is 3.76. The molecule has 1 atom stereocenters. The summed E-state index contributed by atoms with van der Waals surface area (Å²) in [7, 11) is 4.14. The quantitative estimate of drug-likeness (QED) is 0.930. The zero-order chi connectivity index (χ0) is 14.1. The lowest BCUT2D eigenvalue weighted by Gasteiger charge is -2.20. The molecule has 2 aromatic rings. The molecule has 0 bridgehead atoms. The van der Waals surface area contributed by atoms with Gasteiger partial charge in [-0.2, -0.15) is 0 Å². The molecule has 1 aliphatic carbocycles. The summed E-state index contributed by atoms with van der Waals surface area (Å²) < 4.78 is 0. The number of fused-ring (bicyclic) bond motifs is 1. The van der Waals surface area contributed by atoms with Gasteiger partial charge in [0.05, 0.1) is 11.7 Å². The van der Waals surface area contributed by atoms with Gasteiger partial charge in [-0.3, -0.25) is 0 Å². The van der Waals surface area contributed by atoms with Gasteiger partial charge in [-0.15, -0.1) is 11.3 Å². The summed E-state index contributed by atoms with van der Waals surface area (Å²) >= 11 is 1.84. The van der Waals surface area contributed by atoms with Crippen molar-refractivity contribution >= 4 is 22.2 Å². The van der Waals surface area contributed by atoms with Crippen LogP contribution < -0.4 is 10.2 Å². The lowest BCUT2D eigenvalue weighted by molar-refractivity contribution is 0.490. The van der Waals surface area contributed by atoms with Crippen LogP contribution >= 0.6 is 11.3 Å². The lowest BCUT2D eigenvalue weighted by atomic mass is 9.98. The minimum Gasteiger partial charge on any atom is -0.321 e. The van der Waals surface area contributed by atoms with E-state index in [2.05, 4.69) is 48.5 Å². The number of rotatable bonds is 3. The topological polar surface area (TPSA) is 28.2 Å². The zero-order valence-electron chi connectivity index (χ0n) is 12.3. The van der Waals surface area contributed by atoms with E-state index in [0.29, 0.717) is 6.04 Å². The number of nitrogens with one attached hydrogen (secondary N) is 1. The molecule has 1 aromatic heterocycles. The number of thiazole rings is 1. The van der Waals surface area contributed by atoms with Crippen molar-refractivity contribution in [2.24, 2.45) is 0 Å². The van der Waals surface area contributed by atoms with Crippen molar-refractivity contribution in [2.75, 3.05) is 19.0 Å². The van der Waals surface area contributed by atoms with Crippen LogP contribution in [-0.4, -0.2) is 19.1 Å². The first-order valence-electron chi connectivity index (χ1n) is 7.17. The molecule has 0 radical (unpaired) electrons. The molecule has 0 saturated carbocycles. The smallest absolute Gasteiger partial charge is 0.190 e. The third-order valence-corrected chi connectivity index (χ3v) is 5.26. The van der Waals surface area contributed by atoms with E-state index in [9.17, 15) is 0 Å². The Labute approximate surface area is 124 Å². The Balaban J connectivity index is 1.95. The molecule has 0 amide bonds. The lowest BCUT2D eigenvalue weighted by Crippen LogP contribution is -2.21. The molecule has 0 spiro atoms. The molecule has 106 valence electrons. The third kappa shape index (κ3) is 2.34. The molecule has 4 heteroatoms. The number of hydrogen-bond acceptors (Lipinski definition) is 4. The maximum atomic E-state index is 4.90. The van der Waals surface area contributed by atoms with Crippen LogP contribution in [0.1, 0.15) is 35.0 Å². The average Bonchev–Trinajstić information content (AvgIpc) is 2.91. The van der Waals surface area contributed by atoms with Gasteiger partial charge in [0, 0.05) is 17.6 Å². The van der Waals surface area contributed by atoms with Crippen molar-refractivity contribution in [3.63, 3.8) is 0 Å². The van der Waals surface area contributed by atoms with Crippen LogP contribution in [0.4, 0.5) is 10.8 Å². The highest BCUT2D eigenvalue weighted by Crippen LogP contribution is 2.38. The molecule has 1 unspecified atom stereocenters. The maximum Gasteiger partial charge on any atom is 0.190 e. The van der Waals surface area contributed by atoms with E-state index in [0.717, 1.165) is 5.13 Å². The fraction of sp³-hybridized carbons (Fsp3) is 0.438. The summed E-state index contributed by atoms with van der Waals surface area (Å²) in [6, 6.07) is 8.90. The van der Waals surface area contributed by atoms with Crippen LogP contribution in [0.2, 0.25) is 0 Å². The Morgan fingerprint density at radius 1 is 1.35 bits per heavy atom. The summed E-state index contributed by atoms with van der Waals surface area (Å²) in [6.45, 7) is 2.15. The second-order valence-corrected chi connectivity index (χ2v) is 6.45. The fourth-order valence-electron chi connectivity index (χ4n) is 2.87. The summed E-state index contributed by atoms with van der Waals surface area (Å²) in [5.41, 5.74) is 3.78. The van der Waals surface area contributed by atoms with Crippen molar-refractivity contribution < 1.29 is 0 Å². The SMILES string of the molecule is CNC1CCCc2sc(N(C)c3ccccc3C)nc21. The summed E-state index contributed by atoms with van der Waals surface area (Å²) in [5, 5.41) is 4.49. The Morgan fingerprint density at radius 3 is 2.90 bits per heavy atom. The van der Waals surface area contributed by atoms with E-state index in [1.807, 2.05) is 18.4 Å². The predicted octanol–water partition coefficient (Wildman–Crippen LogP) is 3.82. The van der Waals surface area contributed by atoms with Crippen LogP contribution in [0.3, 0.4) is 0 Å². The number of anilines is 2. The molecule has 1 aliphatic rings. The van der Waals surface area contributed by atoms with E-state index < -0.39 is 0 Å². The largest absolute Gasteiger partial charge is 0.321 e. The molecule has 3 rings (SSSR count). The minimum absolute atomic E-state index is 0.425. The minimum atomic E-state index is 0.425. The van der Waals surface area contributed by atoms with Gasteiger partial charge in [-0.1, -0.05) is 18.2 Å². The number of hydrogen-bond donors (Lipinski definition) is 1. The van der Waals surface area contributed by atoms with Gasteiger partial charge < -0.3 is 10.2 Å². The van der Waals surface area contributed by atoms with Gasteiger partial charge >= 0.3 is 0 Å². The van der Waals surface area contributed by atoms with Crippen LogP contribution in [0, 0.1) is 6.92 Å². The second kappa shape index (κ2) is 5.54. The molecule has 0 fully saturated rings. The predicted molar refractivity (Wildman–Crippen MR) is 86.1 cm³/mol. The molecule has 1 aromatic carbocycles. The average molecular weight is 287 g/mol. The van der Waals surface area contributed by atoms with Crippen LogP contribution in [0.25, 0.3) is 0 Å². The normalized spacial score (nSPS) is 17.9. The number of para-hydroxylation sites is 1. The molecule has 1 heterocycles. The number of benzene rings is 1. The van der Waals surface area contributed by atoms with Crippen molar-refractivity contribution in [3.8, 4) is 0 Å². The third-order valence-electron chi connectivity index (χ3n) is 4.06. The second-order valence-electron chi connectivity index (χ2n) is 5.38. The molecule has 3 nitrogen and oxygen atoms in total. The Bertz CT molecular complexity index is 606. The Hall–Kier alpha value is -1.39. The molecular weight excluding hydrogens is 266 g/mol. The van der Waals surface area contributed by atoms with Crippen molar-refractivity contribution in [1.29, 1.82) is 0 Å². The van der Waals surface area contributed by atoms with Gasteiger partial charge in [-0.05, 0) is 44.9 Å². The standard InChI is InChI=1S/C16H21N3S/c1-11-7-4-5-9-13(11)19(3)16-18-15-12(17-2)8-6-10-14(15)20-16/h4-5,7,9,12,17H,6,8,10H2,1-3H3. The fourth-order valence-corrected chi connectivity index (χ4v) is 4.01. The maximum absolute atomic E-state index is 4.90. The van der Waals surface area contributed by atoms with Gasteiger partial charge in [-0.25, -0.2) is 4.98 Å². The molecule has 1 N–H and O–H groups in total. The number of nitrogens with zero attached hydrogens (tertiary/aromatic N) is 2. The molecule has 0 aliphatic heterocycles. The first-order chi connectivity index (χ1) is 9.70. The van der Waals surface area contributed by atoms with Gasteiger partial charge in [0.25, 0.3) is 0 Å². The highest BCUT2D eigenvalue weighted by Gasteiger charge is 2.24.